The van der Waals surface area contributed by atoms with Gasteiger partial charge in [-0.05, 0) is 37.6 Å². The van der Waals surface area contributed by atoms with Crippen LogP contribution in [0, 0.1) is 6.92 Å². The van der Waals surface area contributed by atoms with Gasteiger partial charge in [0.25, 0.3) is 0 Å². The Morgan fingerprint density at radius 3 is 2.47 bits per heavy atom. The van der Waals surface area contributed by atoms with Crippen molar-refractivity contribution in [2.45, 2.75) is 33.1 Å². The first-order valence-corrected chi connectivity index (χ1v) is 6.47. The van der Waals surface area contributed by atoms with Crippen molar-refractivity contribution in [3.8, 4) is 0 Å². The Balaban J connectivity index is 2.81. The van der Waals surface area contributed by atoms with Gasteiger partial charge in [-0.25, -0.2) is 0 Å². The third-order valence-corrected chi connectivity index (χ3v) is 2.65. The van der Waals surface area contributed by atoms with Gasteiger partial charge in [0.05, 0.1) is 11.4 Å². The van der Waals surface area contributed by atoms with Crippen LogP contribution in [0.15, 0.2) is 18.2 Å². The van der Waals surface area contributed by atoms with Crippen molar-refractivity contribution in [3.63, 3.8) is 0 Å². The first kappa shape index (κ1) is 15.2. The number of carbonyl (C=O) groups is 2. The molecule has 2 amide bonds. The number of amides is 2. The van der Waals surface area contributed by atoms with Crippen LogP contribution >= 0.6 is 0 Å². The summed E-state index contributed by atoms with van der Waals surface area (Å²) >= 11 is 0. The predicted molar refractivity (Wildman–Crippen MR) is 77.0 cm³/mol. The minimum atomic E-state index is -0.0944. The van der Waals surface area contributed by atoms with E-state index in [0.29, 0.717) is 37.2 Å². The van der Waals surface area contributed by atoms with Gasteiger partial charge in [-0.3, -0.25) is 9.59 Å². The Bertz CT molecular complexity index is 458. The number of hydrogen-bond acceptors (Lipinski definition) is 3. The lowest BCUT2D eigenvalue weighted by Crippen LogP contribution is -2.16. The molecule has 1 aromatic carbocycles. The first-order chi connectivity index (χ1) is 9.06. The Kier molecular flexibility index (Phi) is 6.02. The van der Waals surface area contributed by atoms with Gasteiger partial charge in [-0.1, -0.05) is 13.0 Å². The van der Waals surface area contributed by atoms with Gasteiger partial charge in [0.15, 0.2) is 0 Å². The van der Waals surface area contributed by atoms with Crippen LogP contribution in [-0.4, -0.2) is 18.4 Å². The van der Waals surface area contributed by atoms with E-state index in [1.807, 2.05) is 19.1 Å². The Morgan fingerprint density at radius 1 is 1.16 bits per heavy atom. The van der Waals surface area contributed by atoms with Gasteiger partial charge in [0, 0.05) is 12.8 Å². The van der Waals surface area contributed by atoms with E-state index in [1.165, 1.54) is 0 Å². The molecular formula is C14H21N3O2. The van der Waals surface area contributed by atoms with Crippen LogP contribution < -0.4 is 16.4 Å². The normalized spacial score (nSPS) is 10.1. The molecule has 0 radical (unpaired) electrons. The highest BCUT2D eigenvalue weighted by molar-refractivity contribution is 5.99. The summed E-state index contributed by atoms with van der Waals surface area (Å²) in [4.78, 5) is 23.1. The molecule has 1 rings (SSSR count). The fraction of sp³-hybridized carbons (Fsp3) is 0.429. The molecule has 4 N–H and O–H groups in total. The molecule has 0 aromatic heterocycles. The zero-order valence-electron chi connectivity index (χ0n) is 11.5. The van der Waals surface area contributed by atoms with E-state index in [1.54, 1.807) is 13.0 Å². The number of nitrogens with two attached hydrogens (primary N) is 1. The van der Waals surface area contributed by atoms with Gasteiger partial charge in [0.1, 0.15) is 0 Å². The molecule has 19 heavy (non-hydrogen) atoms. The molecule has 0 aliphatic carbocycles. The van der Waals surface area contributed by atoms with Crippen LogP contribution in [0.3, 0.4) is 0 Å². The van der Waals surface area contributed by atoms with Gasteiger partial charge >= 0.3 is 0 Å². The van der Waals surface area contributed by atoms with Crippen LogP contribution in [0.2, 0.25) is 0 Å². The highest BCUT2D eigenvalue weighted by Gasteiger charge is 2.09. The number of anilines is 2. The van der Waals surface area contributed by atoms with Crippen molar-refractivity contribution in [3.05, 3.63) is 23.8 Å². The number of carbonyl (C=O) groups excluding carboxylic acids is 2. The van der Waals surface area contributed by atoms with E-state index in [0.717, 1.165) is 5.56 Å². The minimum Gasteiger partial charge on any atom is -0.330 e. The van der Waals surface area contributed by atoms with Gasteiger partial charge in [-0.15, -0.1) is 0 Å². The highest BCUT2D eigenvalue weighted by Crippen LogP contribution is 2.23. The van der Waals surface area contributed by atoms with E-state index in [4.69, 9.17) is 5.73 Å². The Labute approximate surface area is 113 Å². The highest BCUT2D eigenvalue weighted by atomic mass is 16.2. The average Bonchev–Trinajstić information content (AvgIpc) is 2.39. The summed E-state index contributed by atoms with van der Waals surface area (Å²) in [5, 5.41) is 5.58. The third kappa shape index (κ3) is 5.09. The molecule has 0 bridgehead atoms. The molecule has 0 saturated heterocycles. The second-order valence-corrected chi connectivity index (χ2v) is 4.39. The zero-order valence-corrected chi connectivity index (χ0v) is 11.5. The summed E-state index contributed by atoms with van der Waals surface area (Å²) < 4.78 is 0. The molecule has 5 heteroatoms. The quantitative estimate of drug-likeness (QED) is 0.734. The Morgan fingerprint density at radius 2 is 1.84 bits per heavy atom. The minimum absolute atomic E-state index is 0.0821. The molecule has 0 fully saturated rings. The fourth-order valence-electron chi connectivity index (χ4n) is 1.58. The average molecular weight is 263 g/mol. The molecule has 5 nitrogen and oxygen atoms in total. The van der Waals surface area contributed by atoms with Gasteiger partial charge in [0.2, 0.25) is 11.8 Å². The monoisotopic (exact) mass is 263 g/mol. The molecule has 1 aromatic rings. The maximum absolute atomic E-state index is 11.7. The summed E-state index contributed by atoms with van der Waals surface area (Å²) in [6, 6.07) is 5.52. The smallest absolute Gasteiger partial charge is 0.224 e. The maximum atomic E-state index is 11.7. The fourth-order valence-corrected chi connectivity index (χ4v) is 1.58. The predicted octanol–water partition coefficient (Wildman–Crippen LogP) is 2.02. The zero-order chi connectivity index (χ0) is 14.3. The van der Waals surface area contributed by atoms with Gasteiger partial charge < -0.3 is 16.4 Å². The molecule has 0 spiro atoms. The third-order valence-electron chi connectivity index (χ3n) is 2.65. The number of nitrogens with one attached hydrogen (secondary N) is 2. The van der Waals surface area contributed by atoms with Crippen molar-refractivity contribution >= 4 is 23.2 Å². The van der Waals surface area contributed by atoms with Crippen LogP contribution in [0.5, 0.6) is 0 Å². The standard InChI is InChI=1S/C14H21N3O2/c1-3-13(18)16-11-7-6-10(2)9-12(11)17-14(19)5-4-8-15/h6-7,9H,3-5,8,15H2,1-2H3,(H,16,18)(H,17,19). The molecule has 0 aliphatic heterocycles. The van der Waals surface area contributed by atoms with Crippen molar-refractivity contribution in [2.24, 2.45) is 5.73 Å². The molecule has 0 heterocycles. The number of aryl methyl sites for hydroxylation is 1. The van der Waals surface area contributed by atoms with E-state index in [2.05, 4.69) is 10.6 Å². The van der Waals surface area contributed by atoms with Gasteiger partial charge in [-0.2, -0.15) is 0 Å². The molecular weight excluding hydrogens is 242 g/mol. The second-order valence-electron chi connectivity index (χ2n) is 4.39. The molecule has 104 valence electrons. The van der Waals surface area contributed by atoms with Crippen LogP contribution in [-0.2, 0) is 9.59 Å². The summed E-state index contributed by atoms with van der Waals surface area (Å²) in [6.45, 7) is 4.20. The lowest BCUT2D eigenvalue weighted by Gasteiger charge is -2.12. The second kappa shape index (κ2) is 7.53. The van der Waals surface area contributed by atoms with Crippen molar-refractivity contribution < 1.29 is 9.59 Å². The van der Waals surface area contributed by atoms with E-state index < -0.39 is 0 Å². The number of benzene rings is 1. The largest absolute Gasteiger partial charge is 0.330 e. The lowest BCUT2D eigenvalue weighted by atomic mass is 10.1. The maximum Gasteiger partial charge on any atom is 0.224 e. The van der Waals surface area contributed by atoms with E-state index in [9.17, 15) is 9.59 Å². The number of hydrogen-bond donors (Lipinski definition) is 3. The molecule has 0 aliphatic rings. The van der Waals surface area contributed by atoms with E-state index in [-0.39, 0.29) is 11.8 Å². The summed E-state index contributed by atoms with van der Waals surface area (Å²) in [5.74, 6) is -0.177. The van der Waals surface area contributed by atoms with Crippen molar-refractivity contribution in [2.75, 3.05) is 17.2 Å². The SMILES string of the molecule is CCC(=O)Nc1ccc(C)cc1NC(=O)CCCN. The summed E-state index contributed by atoms with van der Waals surface area (Å²) in [5.41, 5.74) is 7.64. The molecule has 0 saturated carbocycles. The lowest BCUT2D eigenvalue weighted by molar-refractivity contribution is -0.117. The summed E-state index contributed by atoms with van der Waals surface area (Å²) in [6.07, 6.45) is 1.42. The van der Waals surface area contributed by atoms with Crippen LogP contribution in [0.4, 0.5) is 11.4 Å². The molecule has 0 unspecified atom stereocenters. The first-order valence-electron chi connectivity index (χ1n) is 6.47. The number of rotatable bonds is 6. The molecule has 0 atom stereocenters. The van der Waals surface area contributed by atoms with E-state index >= 15 is 0 Å². The van der Waals surface area contributed by atoms with Crippen LogP contribution in [0.1, 0.15) is 31.7 Å². The van der Waals surface area contributed by atoms with Crippen molar-refractivity contribution in [1.82, 2.24) is 0 Å². The van der Waals surface area contributed by atoms with Crippen LogP contribution in [0.25, 0.3) is 0 Å². The topological polar surface area (TPSA) is 84.2 Å². The Hall–Kier alpha value is -1.88. The summed E-state index contributed by atoms with van der Waals surface area (Å²) in [7, 11) is 0. The van der Waals surface area contributed by atoms with Crippen molar-refractivity contribution in [1.29, 1.82) is 0 Å².